The zero-order valence-corrected chi connectivity index (χ0v) is 16.4. The average molecular weight is 377 g/mol. The summed E-state index contributed by atoms with van der Waals surface area (Å²) in [4.78, 5) is 25.3. The van der Waals surface area contributed by atoms with Crippen LogP contribution in [0.25, 0.3) is 0 Å². The first-order valence-corrected chi connectivity index (χ1v) is 10.0. The Balaban J connectivity index is 1.52. The third-order valence-electron chi connectivity index (χ3n) is 5.76. The number of aromatic nitrogens is 2. The van der Waals surface area contributed by atoms with Crippen molar-refractivity contribution in [2.24, 2.45) is 0 Å². The first kappa shape index (κ1) is 19.7. The molecule has 2 aliphatic carbocycles. The molecule has 2 saturated carbocycles. The molecule has 0 bridgehead atoms. The highest BCUT2D eigenvalue weighted by Crippen LogP contribution is 2.44. The summed E-state index contributed by atoms with van der Waals surface area (Å²) in [6.07, 6.45) is 6.64. The van der Waals surface area contributed by atoms with Crippen LogP contribution in [0.5, 0.6) is 0 Å². The minimum absolute atomic E-state index is 0.0552. The Morgan fingerprint density at radius 3 is 2.63 bits per heavy atom. The van der Waals surface area contributed by atoms with Gasteiger partial charge in [0.25, 0.3) is 0 Å². The number of hydrogen-bond acceptors (Lipinski definition) is 4. The highest BCUT2D eigenvalue weighted by atomic mass is 16.4. The number of anilines is 1. The molecule has 1 aromatic rings. The second-order valence-corrected chi connectivity index (χ2v) is 7.80. The fraction of sp³-hybridized carbons (Fsp3) is 0.737. The zero-order chi connectivity index (χ0) is 19.6. The molecule has 8 heteroatoms. The number of hydrogen-bond donors (Lipinski definition) is 3. The molecule has 2 aliphatic rings. The van der Waals surface area contributed by atoms with Crippen molar-refractivity contribution in [3.05, 3.63) is 11.9 Å². The number of aliphatic carboxylic acids is 1. The van der Waals surface area contributed by atoms with Gasteiger partial charge in [-0.05, 0) is 45.6 Å². The van der Waals surface area contributed by atoms with Crippen LogP contribution in [0.1, 0.15) is 70.5 Å². The summed E-state index contributed by atoms with van der Waals surface area (Å²) in [5.74, 6) is -0.309. The number of nitrogens with zero attached hydrogens (tertiary/aromatic N) is 3. The predicted octanol–water partition coefficient (Wildman–Crippen LogP) is 2.79. The lowest BCUT2D eigenvalue weighted by Crippen LogP contribution is -2.55. The van der Waals surface area contributed by atoms with Crippen molar-refractivity contribution in [2.45, 2.75) is 76.9 Å². The summed E-state index contributed by atoms with van der Waals surface area (Å²) >= 11 is 0. The number of carbonyl (C=O) groups is 2. The second-order valence-electron chi connectivity index (χ2n) is 7.80. The molecule has 3 N–H and O–H groups in total. The van der Waals surface area contributed by atoms with Gasteiger partial charge in [0.15, 0.2) is 0 Å². The largest absolute Gasteiger partial charge is 0.480 e. The molecule has 27 heavy (non-hydrogen) atoms. The standard InChI is InChI=1S/C19H31N5O3/c1-4-12(3)24-18(13-6-7-13)16(10-20-24)22-19(27)21-14-8-15(9-14)23(5-2)11-17(25)26/h10,12-15H,4-9,11H2,1-3H3,(H,25,26)(H2,21,22,27). The van der Waals surface area contributed by atoms with E-state index in [1.807, 2.05) is 11.8 Å². The number of amides is 2. The summed E-state index contributed by atoms with van der Waals surface area (Å²) < 4.78 is 2.05. The van der Waals surface area contributed by atoms with Crippen molar-refractivity contribution in [3.63, 3.8) is 0 Å². The maximum Gasteiger partial charge on any atom is 0.319 e. The fourth-order valence-corrected chi connectivity index (χ4v) is 3.78. The Kier molecular flexibility index (Phi) is 6.04. The molecule has 2 fully saturated rings. The third-order valence-corrected chi connectivity index (χ3v) is 5.76. The van der Waals surface area contributed by atoms with Crippen LogP contribution in [0.4, 0.5) is 10.5 Å². The van der Waals surface area contributed by atoms with Gasteiger partial charge in [0.1, 0.15) is 0 Å². The number of rotatable bonds is 9. The van der Waals surface area contributed by atoms with Crippen molar-refractivity contribution in [3.8, 4) is 0 Å². The molecular weight excluding hydrogens is 346 g/mol. The van der Waals surface area contributed by atoms with E-state index < -0.39 is 5.97 Å². The minimum Gasteiger partial charge on any atom is -0.480 e. The van der Waals surface area contributed by atoms with Gasteiger partial charge in [-0.3, -0.25) is 14.4 Å². The molecule has 3 rings (SSSR count). The van der Waals surface area contributed by atoms with E-state index in [0.29, 0.717) is 18.5 Å². The number of carboxylic acid groups (broad SMARTS) is 1. The first-order valence-electron chi connectivity index (χ1n) is 10.0. The van der Waals surface area contributed by atoms with Crippen LogP contribution >= 0.6 is 0 Å². The van der Waals surface area contributed by atoms with Crippen LogP contribution < -0.4 is 10.6 Å². The highest BCUT2D eigenvalue weighted by molar-refractivity contribution is 5.90. The quantitative estimate of drug-likeness (QED) is 0.614. The van der Waals surface area contributed by atoms with Crippen LogP contribution in [0.15, 0.2) is 6.20 Å². The highest BCUT2D eigenvalue weighted by Gasteiger charge is 2.35. The Morgan fingerprint density at radius 1 is 1.37 bits per heavy atom. The lowest BCUT2D eigenvalue weighted by Gasteiger charge is -2.42. The van der Waals surface area contributed by atoms with Gasteiger partial charge in [0.2, 0.25) is 0 Å². The number of nitrogens with one attached hydrogen (secondary N) is 2. The third kappa shape index (κ3) is 4.61. The van der Waals surface area contributed by atoms with Gasteiger partial charge in [-0.15, -0.1) is 0 Å². The molecule has 0 spiro atoms. The number of urea groups is 1. The molecule has 150 valence electrons. The van der Waals surface area contributed by atoms with Gasteiger partial charge < -0.3 is 15.7 Å². The van der Waals surface area contributed by atoms with Crippen molar-refractivity contribution >= 4 is 17.7 Å². The van der Waals surface area contributed by atoms with Crippen molar-refractivity contribution < 1.29 is 14.7 Å². The Labute approximate surface area is 160 Å². The average Bonchev–Trinajstić information content (AvgIpc) is 3.35. The number of likely N-dealkylation sites (N-methyl/N-ethyl adjacent to an activating group) is 1. The first-order chi connectivity index (χ1) is 12.9. The SMILES string of the molecule is CCC(C)n1ncc(NC(=O)NC2CC(N(CC)CC(=O)O)C2)c1C1CC1. The van der Waals surface area contributed by atoms with E-state index in [1.165, 1.54) is 0 Å². The molecule has 0 saturated heterocycles. The molecule has 0 aliphatic heterocycles. The molecular formula is C19H31N5O3. The van der Waals surface area contributed by atoms with E-state index in [0.717, 1.165) is 43.5 Å². The lowest BCUT2D eigenvalue weighted by atomic mass is 9.85. The number of carbonyl (C=O) groups excluding carboxylic acids is 1. The monoisotopic (exact) mass is 377 g/mol. The van der Waals surface area contributed by atoms with Gasteiger partial charge in [-0.25, -0.2) is 4.79 Å². The Hall–Kier alpha value is -2.09. The van der Waals surface area contributed by atoms with E-state index in [1.54, 1.807) is 6.20 Å². The van der Waals surface area contributed by atoms with Crippen LogP contribution in [-0.2, 0) is 4.79 Å². The normalized spacial score (nSPS) is 23.0. The van der Waals surface area contributed by atoms with Gasteiger partial charge in [-0.1, -0.05) is 13.8 Å². The topological polar surface area (TPSA) is 99.5 Å². The summed E-state index contributed by atoms with van der Waals surface area (Å²) in [6.45, 7) is 7.01. The second kappa shape index (κ2) is 8.29. The van der Waals surface area contributed by atoms with E-state index in [-0.39, 0.29) is 24.7 Å². The Bertz CT molecular complexity index is 679. The Morgan fingerprint density at radius 2 is 2.07 bits per heavy atom. The van der Waals surface area contributed by atoms with Crippen molar-refractivity contribution in [2.75, 3.05) is 18.4 Å². The van der Waals surface area contributed by atoms with Crippen LogP contribution in [0.3, 0.4) is 0 Å². The number of carboxylic acids is 1. The zero-order valence-electron chi connectivity index (χ0n) is 16.4. The van der Waals surface area contributed by atoms with Crippen molar-refractivity contribution in [1.82, 2.24) is 20.0 Å². The molecule has 0 radical (unpaired) electrons. The van der Waals surface area contributed by atoms with Crippen LogP contribution in [-0.4, -0.2) is 57.0 Å². The maximum atomic E-state index is 12.4. The molecule has 1 aromatic heterocycles. The molecule has 1 unspecified atom stereocenters. The summed E-state index contributed by atoms with van der Waals surface area (Å²) in [6, 6.07) is 0.435. The summed E-state index contributed by atoms with van der Waals surface area (Å²) in [7, 11) is 0. The molecule has 1 atom stereocenters. The smallest absolute Gasteiger partial charge is 0.319 e. The van der Waals surface area contributed by atoms with Gasteiger partial charge in [-0.2, -0.15) is 5.10 Å². The maximum absolute atomic E-state index is 12.4. The minimum atomic E-state index is -0.808. The molecule has 0 aromatic carbocycles. The van der Waals surface area contributed by atoms with E-state index in [4.69, 9.17) is 5.11 Å². The van der Waals surface area contributed by atoms with Gasteiger partial charge >= 0.3 is 12.0 Å². The van der Waals surface area contributed by atoms with E-state index in [9.17, 15) is 9.59 Å². The van der Waals surface area contributed by atoms with Gasteiger partial charge in [0.05, 0.1) is 24.1 Å². The fourth-order valence-electron chi connectivity index (χ4n) is 3.78. The summed E-state index contributed by atoms with van der Waals surface area (Å²) in [5.41, 5.74) is 1.96. The molecule has 2 amide bonds. The summed E-state index contributed by atoms with van der Waals surface area (Å²) in [5, 5.41) is 19.4. The van der Waals surface area contributed by atoms with Gasteiger partial charge in [0, 0.05) is 24.0 Å². The van der Waals surface area contributed by atoms with Crippen LogP contribution in [0, 0.1) is 0 Å². The predicted molar refractivity (Wildman–Crippen MR) is 103 cm³/mol. The van der Waals surface area contributed by atoms with E-state index in [2.05, 4.69) is 34.3 Å². The van der Waals surface area contributed by atoms with Crippen LogP contribution in [0.2, 0.25) is 0 Å². The molecule has 8 nitrogen and oxygen atoms in total. The molecule has 1 heterocycles. The van der Waals surface area contributed by atoms with E-state index >= 15 is 0 Å². The van der Waals surface area contributed by atoms with Crippen molar-refractivity contribution in [1.29, 1.82) is 0 Å². The lowest BCUT2D eigenvalue weighted by molar-refractivity contribution is -0.139.